The molecule has 24 heavy (non-hydrogen) atoms. The molecule has 1 heterocycles. The van der Waals surface area contributed by atoms with E-state index in [1.807, 2.05) is 0 Å². The summed E-state index contributed by atoms with van der Waals surface area (Å²) in [5.74, 6) is 0.291. The number of nitrogens with one attached hydrogen (secondary N) is 1. The van der Waals surface area contributed by atoms with E-state index in [9.17, 15) is 4.79 Å². The number of hydrogen-bond donors (Lipinski definition) is 1. The molecule has 1 aromatic heterocycles. The molecular formula is C17H22ClN3O2S. The lowest BCUT2D eigenvalue weighted by Gasteiger charge is -2.24. The first-order chi connectivity index (χ1) is 11.1. The van der Waals surface area contributed by atoms with Crippen LogP contribution in [-0.4, -0.2) is 21.7 Å². The summed E-state index contributed by atoms with van der Waals surface area (Å²) in [6, 6.07) is 6.89. The predicted molar refractivity (Wildman–Crippen MR) is 98.0 cm³/mol. The molecule has 0 saturated heterocycles. The Morgan fingerprint density at radius 3 is 2.42 bits per heavy atom. The van der Waals surface area contributed by atoms with Crippen molar-refractivity contribution >= 4 is 34.0 Å². The number of hydrogen-bond acceptors (Lipinski definition) is 5. The highest BCUT2D eigenvalue weighted by Gasteiger charge is 2.31. The quantitative estimate of drug-likeness (QED) is 0.805. The zero-order chi connectivity index (χ0) is 18.0. The Morgan fingerprint density at radius 1 is 1.21 bits per heavy atom. The van der Waals surface area contributed by atoms with Gasteiger partial charge in [0.2, 0.25) is 5.13 Å². The van der Waals surface area contributed by atoms with Crippen LogP contribution in [0, 0.1) is 0 Å². The summed E-state index contributed by atoms with van der Waals surface area (Å²) in [5, 5.41) is 13.0. The first kappa shape index (κ1) is 18.7. The Hall–Kier alpha value is -1.66. The fourth-order valence-electron chi connectivity index (χ4n) is 1.79. The van der Waals surface area contributed by atoms with Crippen LogP contribution >= 0.6 is 22.9 Å². The molecule has 2 rings (SSSR count). The summed E-state index contributed by atoms with van der Waals surface area (Å²) in [4.78, 5) is 12.5. The summed E-state index contributed by atoms with van der Waals surface area (Å²) < 4.78 is 5.77. The maximum Gasteiger partial charge on any atom is 0.269 e. The monoisotopic (exact) mass is 367 g/mol. The summed E-state index contributed by atoms with van der Waals surface area (Å²) in [6.45, 7) is 9.71. The number of nitrogens with zero attached hydrogens (tertiary/aromatic N) is 2. The number of amides is 1. The third-order valence-electron chi connectivity index (χ3n) is 3.84. The molecule has 0 fully saturated rings. The van der Waals surface area contributed by atoms with Gasteiger partial charge in [-0.3, -0.25) is 10.1 Å². The van der Waals surface area contributed by atoms with Crippen LogP contribution in [0.25, 0.3) is 0 Å². The van der Waals surface area contributed by atoms with Crippen LogP contribution in [0.2, 0.25) is 5.02 Å². The lowest BCUT2D eigenvalue weighted by molar-refractivity contribution is -0.128. The second-order valence-corrected chi connectivity index (χ2v) is 8.08. The number of carbonyl (C=O) groups is 1. The first-order valence-electron chi connectivity index (χ1n) is 7.74. The number of anilines is 1. The van der Waals surface area contributed by atoms with Crippen LogP contribution in [0.5, 0.6) is 5.75 Å². The van der Waals surface area contributed by atoms with Crippen molar-refractivity contribution in [1.82, 2.24) is 10.2 Å². The number of benzene rings is 1. The third-order valence-corrected chi connectivity index (χ3v) is 5.30. The topological polar surface area (TPSA) is 64.1 Å². The summed E-state index contributed by atoms with van der Waals surface area (Å²) in [7, 11) is 0. The minimum absolute atomic E-state index is 0.0596. The Labute approximate surface area is 151 Å². The predicted octanol–water partition coefficient (Wildman–Crippen LogP) is 4.68. The van der Waals surface area contributed by atoms with Gasteiger partial charge in [0, 0.05) is 10.4 Å². The molecule has 2 aromatic rings. The zero-order valence-electron chi connectivity index (χ0n) is 14.5. The maximum absolute atomic E-state index is 12.5. The third kappa shape index (κ3) is 4.45. The van der Waals surface area contributed by atoms with Crippen LogP contribution in [0.1, 0.15) is 46.0 Å². The lowest BCUT2D eigenvalue weighted by Crippen LogP contribution is -2.42. The van der Waals surface area contributed by atoms with Crippen LogP contribution in [0.3, 0.4) is 0 Å². The zero-order valence-corrected chi connectivity index (χ0v) is 16.1. The van der Waals surface area contributed by atoms with Gasteiger partial charge in [-0.05, 0) is 44.5 Å². The number of aromatic nitrogens is 2. The van der Waals surface area contributed by atoms with E-state index in [0.29, 0.717) is 15.9 Å². The summed E-state index contributed by atoms with van der Waals surface area (Å²) in [5.41, 5.74) is -1.12. The molecule has 1 N–H and O–H groups in total. The smallest absolute Gasteiger partial charge is 0.269 e. The van der Waals surface area contributed by atoms with Crippen molar-refractivity contribution in [1.29, 1.82) is 0 Å². The SMILES string of the molecule is CCC(C)(C)c1nnc(NC(=O)C(C)(C)Oc2ccc(Cl)cc2)s1. The van der Waals surface area contributed by atoms with E-state index in [2.05, 4.69) is 36.3 Å². The Bertz CT molecular complexity index is 711. The van der Waals surface area contributed by atoms with Crippen molar-refractivity contribution in [2.75, 3.05) is 5.32 Å². The van der Waals surface area contributed by atoms with Crippen molar-refractivity contribution in [2.45, 2.75) is 52.1 Å². The molecule has 0 bridgehead atoms. The summed E-state index contributed by atoms with van der Waals surface area (Å²) in [6.07, 6.45) is 0.945. The lowest BCUT2D eigenvalue weighted by atomic mass is 9.91. The average molecular weight is 368 g/mol. The largest absolute Gasteiger partial charge is 0.478 e. The van der Waals surface area contributed by atoms with E-state index in [0.717, 1.165) is 11.4 Å². The van der Waals surface area contributed by atoms with Gasteiger partial charge >= 0.3 is 0 Å². The molecule has 0 spiro atoms. The van der Waals surface area contributed by atoms with Crippen LogP contribution < -0.4 is 10.1 Å². The van der Waals surface area contributed by atoms with Gasteiger partial charge in [0.05, 0.1) is 0 Å². The molecular weight excluding hydrogens is 346 g/mol. The van der Waals surface area contributed by atoms with E-state index in [1.54, 1.807) is 38.1 Å². The highest BCUT2D eigenvalue weighted by atomic mass is 35.5. The highest BCUT2D eigenvalue weighted by Crippen LogP contribution is 2.31. The molecule has 0 saturated carbocycles. The number of halogens is 1. The van der Waals surface area contributed by atoms with Crippen molar-refractivity contribution in [3.8, 4) is 5.75 Å². The molecule has 7 heteroatoms. The van der Waals surface area contributed by atoms with Gasteiger partial charge < -0.3 is 4.74 Å². The van der Waals surface area contributed by atoms with Crippen molar-refractivity contribution < 1.29 is 9.53 Å². The van der Waals surface area contributed by atoms with E-state index in [-0.39, 0.29) is 11.3 Å². The first-order valence-corrected chi connectivity index (χ1v) is 8.93. The Morgan fingerprint density at radius 2 is 1.83 bits per heavy atom. The van der Waals surface area contributed by atoms with Crippen LogP contribution in [0.4, 0.5) is 5.13 Å². The van der Waals surface area contributed by atoms with E-state index in [4.69, 9.17) is 16.3 Å². The standard InChI is InChI=1S/C17H22ClN3O2S/c1-6-16(2,3)14-20-21-15(24-14)19-13(22)17(4,5)23-12-9-7-11(18)8-10-12/h7-10H,6H2,1-5H3,(H,19,21,22). The van der Waals surface area contributed by atoms with E-state index < -0.39 is 5.60 Å². The molecule has 0 unspecified atom stereocenters. The molecule has 1 amide bonds. The minimum Gasteiger partial charge on any atom is -0.478 e. The van der Waals surface area contributed by atoms with Crippen molar-refractivity contribution in [3.05, 3.63) is 34.3 Å². The molecule has 5 nitrogen and oxygen atoms in total. The van der Waals surface area contributed by atoms with Crippen LogP contribution in [-0.2, 0) is 10.2 Å². The van der Waals surface area contributed by atoms with Gasteiger partial charge in [-0.2, -0.15) is 0 Å². The second kappa shape index (κ2) is 7.07. The van der Waals surface area contributed by atoms with E-state index in [1.165, 1.54) is 11.3 Å². The van der Waals surface area contributed by atoms with Crippen molar-refractivity contribution in [2.24, 2.45) is 0 Å². The fraction of sp³-hybridized carbons (Fsp3) is 0.471. The normalized spacial score (nSPS) is 12.1. The Balaban J connectivity index is 2.06. The molecule has 0 aliphatic carbocycles. The van der Waals surface area contributed by atoms with Crippen LogP contribution in [0.15, 0.2) is 24.3 Å². The summed E-state index contributed by atoms with van der Waals surface area (Å²) >= 11 is 7.25. The average Bonchev–Trinajstić information content (AvgIpc) is 2.98. The molecule has 130 valence electrons. The van der Waals surface area contributed by atoms with Gasteiger partial charge in [-0.1, -0.05) is 43.7 Å². The molecule has 0 radical (unpaired) electrons. The molecule has 0 atom stereocenters. The van der Waals surface area contributed by atoms with Gasteiger partial charge in [0.1, 0.15) is 10.8 Å². The van der Waals surface area contributed by atoms with Gasteiger partial charge in [0.25, 0.3) is 5.91 Å². The number of carbonyl (C=O) groups excluding carboxylic acids is 1. The maximum atomic E-state index is 12.5. The van der Waals surface area contributed by atoms with Gasteiger partial charge in [-0.15, -0.1) is 10.2 Å². The fourth-order valence-corrected chi connectivity index (χ4v) is 2.83. The minimum atomic E-state index is -1.06. The van der Waals surface area contributed by atoms with Gasteiger partial charge in [0.15, 0.2) is 5.60 Å². The molecule has 0 aliphatic rings. The second-order valence-electron chi connectivity index (χ2n) is 6.67. The van der Waals surface area contributed by atoms with Gasteiger partial charge in [-0.25, -0.2) is 0 Å². The molecule has 1 aromatic carbocycles. The van der Waals surface area contributed by atoms with Crippen molar-refractivity contribution in [3.63, 3.8) is 0 Å². The van der Waals surface area contributed by atoms with E-state index >= 15 is 0 Å². The number of rotatable bonds is 6. The number of ether oxygens (including phenoxy) is 1. The highest BCUT2D eigenvalue weighted by molar-refractivity contribution is 7.15. The Kier molecular flexibility index (Phi) is 5.50. The molecule has 0 aliphatic heterocycles.